The number of nitrogens with zero attached hydrogens (tertiary/aromatic N) is 2. The Morgan fingerprint density at radius 1 is 1.36 bits per heavy atom. The van der Waals surface area contributed by atoms with Gasteiger partial charge >= 0.3 is 0 Å². The summed E-state index contributed by atoms with van der Waals surface area (Å²) < 4.78 is 5.37. The van der Waals surface area contributed by atoms with Crippen molar-refractivity contribution in [2.75, 3.05) is 19.6 Å². The molecule has 136 valence electrons. The van der Waals surface area contributed by atoms with E-state index >= 15 is 0 Å². The van der Waals surface area contributed by atoms with Crippen molar-refractivity contribution < 1.29 is 9.32 Å². The Morgan fingerprint density at radius 2 is 2.12 bits per heavy atom. The molecule has 0 spiro atoms. The summed E-state index contributed by atoms with van der Waals surface area (Å²) in [7, 11) is 0. The van der Waals surface area contributed by atoms with Gasteiger partial charge in [0.1, 0.15) is 0 Å². The van der Waals surface area contributed by atoms with Crippen LogP contribution in [0.2, 0.25) is 5.02 Å². The monoisotopic (exact) mass is 383 g/mol. The Kier molecular flexibility index (Phi) is 7.29. The SMILES string of the molecule is CCCN(C(=O)c1cc(-c2cccc(Cl)c2)on1)C1CCNCC1.Cl. The second-order valence-electron chi connectivity index (χ2n) is 6.07. The van der Waals surface area contributed by atoms with Crippen molar-refractivity contribution in [2.45, 2.75) is 32.2 Å². The fourth-order valence-electron chi connectivity index (χ4n) is 3.11. The summed E-state index contributed by atoms with van der Waals surface area (Å²) in [5.74, 6) is 0.503. The second kappa shape index (κ2) is 9.22. The average Bonchev–Trinajstić information content (AvgIpc) is 3.10. The number of hydrogen-bond acceptors (Lipinski definition) is 4. The first-order valence-electron chi connectivity index (χ1n) is 8.43. The molecule has 1 fully saturated rings. The zero-order valence-corrected chi connectivity index (χ0v) is 15.8. The van der Waals surface area contributed by atoms with Crippen LogP contribution in [0.1, 0.15) is 36.7 Å². The lowest BCUT2D eigenvalue weighted by atomic mass is 10.0. The lowest BCUT2D eigenvalue weighted by Gasteiger charge is -2.34. The first-order valence-corrected chi connectivity index (χ1v) is 8.81. The third kappa shape index (κ3) is 4.75. The Hall–Kier alpha value is -1.56. The maximum Gasteiger partial charge on any atom is 0.276 e. The van der Waals surface area contributed by atoms with E-state index in [1.807, 2.05) is 17.0 Å². The maximum absolute atomic E-state index is 12.9. The molecule has 0 atom stereocenters. The Labute approximate surface area is 159 Å². The van der Waals surface area contributed by atoms with E-state index in [9.17, 15) is 4.79 Å². The number of hydrogen-bond donors (Lipinski definition) is 1. The lowest BCUT2D eigenvalue weighted by molar-refractivity contribution is 0.0632. The van der Waals surface area contributed by atoms with Crippen LogP contribution in [0.25, 0.3) is 11.3 Å². The van der Waals surface area contributed by atoms with Crippen LogP contribution in [0, 0.1) is 0 Å². The molecule has 1 amide bonds. The molecule has 0 radical (unpaired) electrons. The Bertz CT molecular complexity index is 699. The predicted molar refractivity (Wildman–Crippen MR) is 101 cm³/mol. The van der Waals surface area contributed by atoms with Gasteiger partial charge in [-0.1, -0.05) is 35.8 Å². The molecule has 1 N–H and O–H groups in total. The van der Waals surface area contributed by atoms with Crippen LogP contribution < -0.4 is 5.32 Å². The van der Waals surface area contributed by atoms with Gasteiger partial charge in [-0.15, -0.1) is 12.4 Å². The van der Waals surface area contributed by atoms with E-state index < -0.39 is 0 Å². The maximum atomic E-state index is 12.9. The number of amides is 1. The molecular formula is C18H23Cl2N3O2. The number of carbonyl (C=O) groups is 1. The average molecular weight is 384 g/mol. The summed E-state index contributed by atoms with van der Waals surface area (Å²) in [5.41, 5.74) is 1.18. The Balaban J connectivity index is 0.00000225. The van der Waals surface area contributed by atoms with Gasteiger partial charge in [0, 0.05) is 29.2 Å². The predicted octanol–water partition coefficient (Wildman–Crippen LogP) is 4.02. The topological polar surface area (TPSA) is 58.4 Å². The molecule has 0 unspecified atom stereocenters. The summed E-state index contributed by atoms with van der Waals surface area (Å²) in [4.78, 5) is 14.8. The number of carbonyl (C=O) groups excluding carboxylic acids is 1. The van der Waals surface area contributed by atoms with Crippen molar-refractivity contribution in [1.29, 1.82) is 0 Å². The van der Waals surface area contributed by atoms with Crippen LogP contribution in [-0.4, -0.2) is 41.6 Å². The number of rotatable bonds is 5. The Morgan fingerprint density at radius 3 is 2.80 bits per heavy atom. The molecule has 1 aromatic heterocycles. The molecule has 0 saturated carbocycles. The van der Waals surface area contributed by atoms with Crippen molar-refractivity contribution in [1.82, 2.24) is 15.4 Å². The summed E-state index contributed by atoms with van der Waals surface area (Å²) in [6.07, 6.45) is 2.88. The van der Waals surface area contributed by atoms with Crippen LogP contribution in [0.3, 0.4) is 0 Å². The number of benzene rings is 1. The minimum Gasteiger partial charge on any atom is -0.355 e. The van der Waals surface area contributed by atoms with Gasteiger partial charge in [-0.3, -0.25) is 4.79 Å². The molecule has 1 aliphatic rings. The molecule has 0 bridgehead atoms. The van der Waals surface area contributed by atoms with Crippen molar-refractivity contribution in [2.24, 2.45) is 0 Å². The number of aromatic nitrogens is 1. The molecule has 25 heavy (non-hydrogen) atoms. The van der Waals surface area contributed by atoms with Crippen LogP contribution in [-0.2, 0) is 0 Å². The zero-order valence-electron chi connectivity index (χ0n) is 14.2. The van der Waals surface area contributed by atoms with Gasteiger partial charge in [-0.2, -0.15) is 0 Å². The van der Waals surface area contributed by atoms with Crippen molar-refractivity contribution in [3.05, 3.63) is 41.0 Å². The van der Waals surface area contributed by atoms with Gasteiger partial charge in [0.25, 0.3) is 5.91 Å². The van der Waals surface area contributed by atoms with Gasteiger partial charge in [0.15, 0.2) is 11.5 Å². The molecular weight excluding hydrogens is 361 g/mol. The normalized spacial score (nSPS) is 14.8. The molecule has 2 aromatic rings. The molecule has 7 heteroatoms. The summed E-state index contributed by atoms with van der Waals surface area (Å²) in [6.45, 7) is 4.72. The quantitative estimate of drug-likeness (QED) is 0.846. The summed E-state index contributed by atoms with van der Waals surface area (Å²) in [6, 6.07) is 9.31. The van der Waals surface area contributed by atoms with Gasteiger partial charge in [-0.25, -0.2) is 0 Å². The van der Waals surface area contributed by atoms with Crippen LogP contribution >= 0.6 is 24.0 Å². The van der Waals surface area contributed by atoms with Gasteiger partial charge in [0.05, 0.1) is 0 Å². The van der Waals surface area contributed by atoms with Crippen molar-refractivity contribution in [3.8, 4) is 11.3 Å². The number of piperidine rings is 1. The van der Waals surface area contributed by atoms with E-state index in [-0.39, 0.29) is 24.4 Å². The van der Waals surface area contributed by atoms with Gasteiger partial charge in [0.2, 0.25) is 0 Å². The fraction of sp³-hybridized carbons (Fsp3) is 0.444. The lowest BCUT2D eigenvalue weighted by Crippen LogP contribution is -2.46. The second-order valence-corrected chi connectivity index (χ2v) is 6.50. The van der Waals surface area contributed by atoms with E-state index in [1.165, 1.54) is 0 Å². The minimum atomic E-state index is -0.0548. The van der Waals surface area contributed by atoms with Crippen molar-refractivity contribution >= 4 is 29.9 Å². The highest BCUT2D eigenvalue weighted by molar-refractivity contribution is 6.30. The molecule has 3 rings (SSSR count). The van der Waals surface area contributed by atoms with Crippen LogP contribution in [0.5, 0.6) is 0 Å². The first kappa shape index (κ1) is 19.8. The highest BCUT2D eigenvalue weighted by Gasteiger charge is 2.27. The summed E-state index contributed by atoms with van der Waals surface area (Å²) >= 11 is 6.01. The molecule has 1 aromatic carbocycles. The highest BCUT2D eigenvalue weighted by atomic mass is 35.5. The number of nitrogens with one attached hydrogen (secondary N) is 1. The molecule has 0 aliphatic carbocycles. The smallest absolute Gasteiger partial charge is 0.276 e. The van der Waals surface area contributed by atoms with E-state index in [2.05, 4.69) is 17.4 Å². The van der Waals surface area contributed by atoms with E-state index in [0.29, 0.717) is 16.5 Å². The number of halogens is 2. The standard InChI is InChI=1S/C18H22ClN3O2.ClH/c1-2-10-22(15-6-8-20-9-7-15)18(23)16-12-17(24-21-16)13-4-3-5-14(19)11-13;/h3-5,11-12,15,20H,2,6-10H2,1H3;1H. The van der Waals surface area contributed by atoms with E-state index in [0.717, 1.165) is 44.5 Å². The van der Waals surface area contributed by atoms with E-state index in [1.54, 1.807) is 18.2 Å². The largest absolute Gasteiger partial charge is 0.355 e. The molecule has 5 nitrogen and oxygen atoms in total. The first-order chi connectivity index (χ1) is 11.7. The zero-order chi connectivity index (χ0) is 16.9. The van der Waals surface area contributed by atoms with Gasteiger partial charge in [-0.05, 0) is 44.5 Å². The molecule has 1 saturated heterocycles. The fourth-order valence-corrected chi connectivity index (χ4v) is 3.30. The minimum absolute atomic E-state index is 0. The summed E-state index contributed by atoms with van der Waals surface area (Å²) in [5, 5.41) is 7.96. The van der Waals surface area contributed by atoms with Crippen molar-refractivity contribution in [3.63, 3.8) is 0 Å². The van der Waals surface area contributed by atoms with Gasteiger partial charge < -0.3 is 14.7 Å². The van der Waals surface area contributed by atoms with Crippen LogP contribution in [0.15, 0.2) is 34.9 Å². The molecule has 2 heterocycles. The third-order valence-electron chi connectivity index (χ3n) is 4.31. The third-order valence-corrected chi connectivity index (χ3v) is 4.55. The van der Waals surface area contributed by atoms with E-state index in [4.69, 9.17) is 16.1 Å². The highest BCUT2D eigenvalue weighted by Crippen LogP contribution is 2.24. The van der Waals surface area contributed by atoms with Crippen LogP contribution in [0.4, 0.5) is 0 Å². The molecule has 1 aliphatic heterocycles.